The summed E-state index contributed by atoms with van der Waals surface area (Å²) in [6.45, 7) is 0. The van der Waals surface area contributed by atoms with Crippen molar-refractivity contribution in [3.63, 3.8) is 0 Å². The molecule has 8 nitrogen and oxygen atoms in total. The molecule has 142 valence electrons. The lowest BCUT2D eigenvalue weighted by Crippen LogP contribution is -2.21. The number of nitrogens with one attached hydrogen (secondary N) is 1. The van der Waals surface area contributed by atoms with Gasteiger partial charge in [0.25, 0.3) is 5.91 Å². The molecular weight excluding hydrogens is 366 g/mol. The summed E-state index contributed by atoms with van der Waals surface area (Å²) in [5.74, 6) is -0.0543. The van der Waals surface area contributed by atoms with Crippen LogP contribution in [0.2, 0.25) is 0 Å². The average Bonchev–Trinajstić information content (AvgIpc) is 3.12. The highest BCUT2D eigenvalue weighted by Gasteiger charge is 2.16. The van der Waals surface area contributed by atoms with Gasteiger partial charge in [-0.15, -0.1) is 0 Å². The molecule has 4 heterocycles. The Labute approximate surface area is 165 Å². The Morgan fingerprint density at radius 1 is 1.07 bits per heavy atom. The smallest absolute Gasteiger partial charge is 0.253 e. The first kappa shape index (κ1) is 17.1. The number of imidazole rings is 1. The fourth-order valence-electron chi connectivity index (χ4n) is 3.36. The quantitative estimate of drug-likeness (QED) is 0.514. The molecule has 1 amide bonds. The van der Waals surface area contributed by atoms with Gasteiger partial charge in [-0.05, 0) is 24.3 Å². The summed E-state index contributed by atoms with van der Waals surface area (Å²) < 4.78 is 1.89. The van der Waals surface area contributed by atoms with E-state index in [-0.39, 0.29) is 5.91 Å². The van der Waals surface area contributed by atoms with Crippen molar-refractivity contribution in [3.8, 4) is 0 Å². The third kappa shape index (κ3) is 2.82. The third-order valence-electron chi connectivity index (χ3n) is 4.72. The summed E-state index contributed by atoms with van der Waals surface area (Å²) in [6, 6.07) is 9.31. The average molecular weight is 383 g/mol. The van der Waals surface area contributed by atoms with Crippen LogP contribution in [-0.2, 0) is 0 Å². The third-order valence-corrected chi connectivity index (χ3v) is 4.72. The van der Waals surface area contributed by atoms with Gasteiger partial charge in [-0.2, -0.15) is 0 Å². The Kier molecular flexibility index (Phi) is 3.83. The highest BCUT2D eigenvalue weighted by Crippen LogP contribution is 2.32. The largest absolute Gasteiger partial charge is 0.353 e. The molecule has 0 aliphatic carbocycles. The van der Waals surface area contributed by atoms with E-state index < -0.39 is 0 Å². The molecule has 29 heavy (non-hydrogen) atoms. The van der Waals surface area contributed by atoms with Gasteiger partial charge in [0.05, 0.1) is 23.6 Å². The van der Waals surface area contributed by atoms with E-state index in [1.165, 1.54) is 0 Å². The number of carbonyl (C=O) groups excluding carboxylic acids is 1. The minimum absolute atomic E-state index is 0.0543. The van der Waals surface area contributed by atoms with Gasteiger partial charge in [-0.3, -0.25) is 19.2 Å². The van der Waals surface area contributed by atoms with Gasteiger partial charge < -0.3 is 10.2 Å². The van der Waals surface area contributed by atoms with Gasteiger partial charge in [-0.1, -0.05) is 6.07 Å². The van der Waals surface area contributed by atoms with Crippen molar-refractivity contribution in [2.45, 2.75) is 0 Å². The number of rotatable bonds is 3. The van der Waals surface area contributed by atoms with Crippen LogP contribution >= 0.6 is 0 Å². The minimum Gasteiger partial charge on any atom is -0.353 e. The molecule has 0 bridgehead atoms. The van der Waals surface area contributed by atoms with Crippen molar-refractivity contribution in [1.29, 1.82) is 0 Å². The molecule has 1 aromatic carbocycles. The van der Waals surface area contributed by atoms with E-state index in [1.807, 2.05) is 34.9 Å². The van der Waals surface area contributed by atoms with Crippen molar-refractivity contribution in [1.82, 2.24) is 29.2 Å². The van der Waals surface area contributed by atoms with Crippen LogP contribution < -0.4 is 5.32 Å². The van der Waals surface area contributed by atoms with Gasteiger partial charge in [0.15, 0.2) is 11.3 Å². The molecule has 0 unspecified atom stereocenters. The Balaban J connectivity index is 1.73. The number of hydrogen-bond acceptors (Lipinski definition) is 6. The first-order chi connectivity index (χ1) is 14.1. The maximum absolute atomic E-state index is 12.3. The van der Waals surface area contributed by atoms with Gasteiger partial charge >= 0.3 is 0 Å². The summed E-state index contributed by atoms with van der Waals surface area (Å²) in [6.07, 6.45) is 8.69. The fraction of sp³-hybridized carbons (Fsp3) is 0.0952. The van der Waals surface area contributed by atoms with E-state index in [2.05, 4.69) is 15.3 Å². The SMILES string of the molecule is CN(C)C(=O)c1cccc(Nc2c3ccncc3nc3c2nc2cnccn23)c1. The zero-order valence-corrected chi connectivity index (χ0v) is 15.9. The molecule has 8 heteroatoms. The monoisotopic (exact) mass is 383 g/mol. The molecule has 0 saturated heterocycles. The van der Waals surface area contributed by atoms with Crippen molar-refractivity contribution in [2.75, 3.05) is 19.4 Å². The summed E-state index contributed by atoms with van der Waals surface area (Å²) in [5.41, 5.74) is 5.10. The number of benzene rings is 1. The predicted octanol–water partition coefficient (Wildman–Crippen LogP) is 3.27. The van der Waals surface area contributed by atoms with E-state index in [0.29, 0.717) is 16.9 Å². The van der Waals surface area contributed by atoms with E-state index in [4.69, 9.17) is 9.97 Å². The first-order valence-electron chi connectivity index (χ1n) is 9.06. The first-order valence-corrected chi connectivity index (χ1v) is 9.06. The molecule has 4 aromatic heterocycles. The molecular formula is C21H17N7O. The fourth-order valence-corrected chi connectivity index (χ4v) is 3.36. The molecule has 0 aliphatic rings. The van der Waals surface area contributed by atoms with Crippen molar-refractivity contribution >= 4 is 45.0 Å². The number of nitrogens with zero attached hydrogens (tertiary/aromatic N) is 6. The molecule has 0 spiro atoms. The van der Waals surface area contributed by atoms with E-state index in [9.17, 15) is 4.79 Å². The van der Waals surface area contributed by atoms with Crippen LogP contribution in [-0.4, -0.2) is 49.2 Å². The van der Waals surface area contributed by atoms with Gasteiger partial charge in [0, 0.05) is 49.3 Å². The second-order valence-electron chi connectivity index (χ2n) is 6.87. The van der Waals surface area contributed by atoms with E-state index in [1.54, 1.807) is 49.8 Å². The lowest BCUT2D eigenvalue weighted by Gasteiger charge is -2.13. The van der Waals surface area contributed by atoms with Crippen LogP contribution in [0.25, 0.3) is 27.7 Å². The van der Waals surface area contributed by atoms with Crippen LogP contribution in [0.5, 0.6) is 0 Å². The predicted molar refractivity (Wildman–Crippen MR) is 111 cm³/mol. The molecule has 5 aromatic rings. The van der Waals surface area contributed by atoms with Crippen LogP contribution in [0, 0.1) is 0 Å². The van der Waals surface area contributed by atoms with Crippen LogP contribution in [0.1, 0.15) is 10.4 Å². The maximum atomic E-state index is 12.3. The van der Waals surface area contributed by atoms with Crippen molar-refractivity contribution in [3.05, 3.63) is 66.9 Å². The Morgan fingerprint density at radius 3 is 2.79 bits per heavy atom. The maximum Gasteiger partial charge on any atom is 0.253 e. The number of hydrogen-bond donors (Lipinski definition) is 1. The van der Waals surface area contributed by atoms with Crippen LogP contribution in [0.4, 0.5) is 11.4 Å². The summed E-state index contributed by atoms with van der Waals surface area (Å²) in [4.78, 5) is 31.7. The Morgan fingerprint density at radius 2 is 1.93 bits per heavy atom. The topological polar surface area (TPSA) is 88.3 Å². The van der Waals surface area contributed by atoms with Crippen LogP contribution in [0.15, 0.2) is 61.3 Å². The van der Waals surface area contributed by atoms with E-state index >= 15 is 0 Å². The van der Waals surface area contributed by atoms with Gasteiger partial charge in [0.1, 0.15) is 5.52 Å². The Hall–Kier alpha value is -4.07. The highest BCUT2D eigenvalue weighted by molar-refractivity contribution is 6.07. The highest BCUT2D eigenvalue weighted by atomic mass is 16.2. The van der Waals surface area contributed by atoms with Crippen molar-refractivity contribution in [2.24, 2.45) is 0 Å². The normalized spacial score (nSPS) is 11.2. The zero-order chi connectivity index (χ0) is 20.0. The molecule has 5 rings (SSSR count). The number of anilines is 2. The zero-order valence-electron chi connectivity index (χ0n) is 15.9. The lowest BCUT2D eigenvalue weighted by atomic mass is 10.1. The number of carbonyl (C=O) groups is 1. The number of fused-ring (bicyclic) bond motifs is 4. The molecule has 1 N–H and O–H groups in total. The standard InChI is InChI=1S/C21H17N7O/c1-27(2)21(29)13-4-3-5-14(10-13)24-18-15-6-7-22-11-16(15)25-20-19(18)26-17-12-23-8-9-28(17)20/h3-12H,1-2H3,(H,24,25). The van der Waals surface area contributed by atoms with E-state index in [0.717, 1.165) is 27.8 Å². The lowest BCUT2D eigenvalue weighted by molar-refractivity contribution is 0.0827. The second-order valence-corrected chi connectivity index (χ2v) is 6.87. The van der Waals surface area contributed by atoms with Gasteiger partial charge in [0.2, 0.25) is 0 Å². The Bertz CT molecular complexity index is 1390. The van der Waals surface area contributed by atoms with Gasteiger partial charge in [-0.25, -0.2) is 9.97 Å². The number of pyridine rings is 2. The van der Waals surface area contributed by atoms with Crippen molar-refractivity contribution < 1.29 is 4.79 Å². The number of amides is 1. The summed E-state index contributed by atoms with van der Waals surface area (Å²) in [7, 11) is 3.47. The molecule has 0 radical (unpaired) electrons. The van der Waals surface area contributed by atoms with Crippen LogP contribution in [0.3, 0.4) is 0 Å². The molecule has 0 atom stereocenters. The second kappa shape index (κ2) is 6.52. The number of aromatic nitrogens is 5. The summed E-state index contributed by atoms with van der Waals surface area (Å²) in [5, 5.41) is 4.35. The molecule has 0 fully saturated rings. The minimum atomic E-state index is -0.0543. The summed E-state index contributed by atoms with van der Waals surface area (Å²) >= 11 is 0. The molecule has 0 saturated carbocycles. The molecule has 0 aliphatic heterocycles.